The highest BCUT2D eigenvalue weighted by Gasteiger charge is 2.56. The van der Waals surface area contributed by atoms with E-state index in [9.17, 15) is 18.8 Å². The van der Waals surface area contributed by atoms with E-state index < -0.39 is 11.8 Å². The fraction of sp³-hybridized carbons (Fsp3) is 0.389. The second kappa shape index (κ2) is 6.54. The van der Waals surface area contributed by atoms with Gasteiger partial charge in [0, 0.05) is 30.6 Å². The third-order valence-electron chi connectivity index (χ3n) is 5.05. The van der Waals surface area contributed by atoms with Gasteiger partial charge in [-0.3, -0.25) is 4.79 Å². The number of aromatic nitrogens is 3. The molecule has 2 aromatic heterocycles. The lowest BCUT2D eigenvalue weighted by Gasteiger charge is -2.21. The van der Waals surface area contributed by atoms with Crippen LogP contribution in [-0.4, -0.2) is 27.4 Å². The van der Waals surface area contributed by atoms with Crippen LogP contribution in [-0.2, 0) is 4.79 Å². The molecule has 1 amide bonds. The highest BCUT2D eigenvalue weighted by atomic mass is 19.3. The normalized spacial score (nSPS) is 22.1. The summed E-state index contributed by atoms with van der Waals surface area (Å²) in [5.41, 5.74) is -0.699. The third kappa shape index (κ3) is 3.07. The Morgan fingerprint density at radius 3 is 2.74 bits per heavy atom. The fourth-order valence-corrected chi connectivity index (χ4v) is 3.48. The van der Waals surface area contributed by atoms with E-state index >= 15 is 0 Å². The maximum Gasteiger partial charge on any atom is 0.280 e. The number of pyridine rings is 1. The molecule has 0 spiro atoms. The number of amides is 1. The highest BCUT2D eigenvalue weighted by Crippen LogP contribution is 2.51. The molecule has 1 N–H and O–H groups in total. The summed E-state index contributed by atoms with van der Waals surface area (Å²) in [6.45, 7) is 0.468. The van der Waals surface area contributed by atoms with Gasteiger partial charge in [0.05, 0.1) is 6.07 Å². The van der Waals surface area contributed by atoms with Crippen molar-refractivity contribution in [2.45, 2.75) is 25.7 Å². The molecular weight excluding hydrogens is 354 g/mol. The van der Waals surface area contributed by atoms with Crippen molar-refractivity contribution in [3.63, 3.8) is 0 Å². The first-order chi connectivity index (χ1) is 13.0. The maximum absolute atomic E-state index is 12.9. The molecule has 1 atom stereocenters. The first kappa shape index (κ1) is 17.3. The van der Waals surface area contributed by atoms with Crippen LogP contribution in [0.25, 0.3) is 0 Å². The Bertz CT molecular complexity index is 926. The van der Waals surface area contributed by atoms with Crippen LogP contribution in [0.1, 0.15) is 31.4 Å². The molecular formula is C18H16F2N6O. The molecule has 27 heavy (non-hydrogen) atoms. The SMILES string of the molecule is N#C[C@@]1(C2CC2)CCN(c2ccnc(Nc3cc(C(F)F)ncn3)c2)C1=O. The van der Waals surface area contributed by atoms with E-state index in [2.05, 4.69) is 26.3 Å². The minimum absolute atomic E-state index is 0.146. The van der Waals surface area contributed by atoms with Crippen LogP contribution in [0, 0.1) is 22.7 Å². The summed E-state index contributed by atoms with van der Waals surface area (Å²) in [5.74, 6) is 0.516. The summed E-state index contributed by atoms with van der Waals surface area (Å²) in [4.78, 5) is 26.1. The van der Waals surface area contributed by atoms with Gasteiger partial charge in [0.25, 0.3) is 6.43 Å². The lowest BCUT2D eigenvalue weighted by Crippen LogP contribution is -2.35. The maximum atomic E-state index is 12.9. The Hall–Kier alpha value is -3.15. The average Bonchev–Trinajstić information content (AvgIpc) is 3.46. The van der Waals surface area contributed by atoms with E-state index in [1.165, 1.54) is 6.20 Å². The second-order valence-electron chi connectivity index (χ2n) is 6.72. The molecule has 3 heterocycles. The van der Waals surface area contributed by atoms with E-state index in [4.69, 9.17) is 0 Å². The Morgan fingerprint density at radius 2 is 2.04 bits per heavy atom. The quantitative estimate of drug-likeness (QED) is 0.868. The van der Waals surface area contributed by atoms with Gasteiger partial charge in [-0.25, -0.2) is 23.7 Å². The zero-order valence-corrected chi connectivity index (χ0v) is 14.3. The topological polar surface area (TPSA) is 94.8 Å². The minimum atomic E-state index is -2.70. The zero-order valence-electron chi connectivity index (χ0n) is 14.3. The van der Waals surface area contributed by atoms with Crippen LogP contribution in [0.4, 0.5) is 26.1 Å². The second-order valence-corrected chi connectivity index (χ2v) is 6.72. The molecule has 7 nitrogen and oxygen atoms in total. The van der Waals surface area contributed by atoms with Crippen molar-refractivity contribution in [2.75, 3.05) is 16.8 Å². The molecule has 138 valence electrons. The Balaban J connectivity index is 1.56. The summed E-state index contributed by atoms with van der Waals surface area (Å²) < 4.78 is 25.5. The Labute approximate surface area is 154 Å². The number of hydrogen-bond donors (Lipinski definition) is 1. The zero-order chi connectivity index (χ0) is 19.0. The summed E-state index contributed by atoms with van der Waals surface area (Å²) in [5, 5.41) is 12.4. The molecule has 1 aliphatic heterocycles. The third-order valence-corrected chi connectivity index (χ3v) is 5.05. The summed E-state index contributed by atoms with van der Waals surface area (Å²) >= 11 is 0. The lowest BCUT2D eigenvalue weighted by atomic mass is 9.83. The van der Waals surface area contributed by atoms with Crippen molar-refractivity contribution in [3.8, 4) is 6.07 Å². The molecule has 2 aromatic rings. The number of alkyl halides is 2. The lowest BCUT2D eigenvalue weighted by molar-refractivity contribution is -0.123. The average molecular weight is 370 g/mol. The highest BCUT2D eigenvalue weighted by molar-refractivity contribution is 6.02. The van der Waals surface area contributed by atoms with Crippen LogP contribution in [0.3, 0.4) is 0 Å². The van der Waals surface area contributed by atoms with Gasteiger partial charge in [-0.15, -0.1) is 0 Å². The van der Waals surface area contributed by atoms with E-state index in [1.807, 2.05) is 0 Å². The van der Waals surface area contributed by atoms with Gasteiger partial charge in [-0.05, 0) is 31.2 Å². The summed E-state index contributed by atoms with van der Waals surface area (Å²) in [6, 6.07) is 6.73. The predicted molar refractivity (Wildman–Crippen MR) is 92.2 cm³/mol. The first-order valence-electron chi connectivity index (χ1n) is 8.60. The molecule has 1 saturated carbocycles. The van der Waals surface area contributed by atoms with E-state index in [0.29, 0.717) is 24.5 Å². The monoisotopic (exact) mass is 370 g/mol. The number of carbonyl (C=O) groups excluding carboxylic acids is 1. The molecule has 2 fully saturated rings. The number of hydrogen-bond acceptors (Lipinski definition) is 6. The van der Waals surface area contributed by atoms with Gasteiger partial charge in [0.15, 0.2) is 0 Å². The van der Waals surface area contributed by atoms with Crippen molar-refractivity contribution in [1.29, 1.82) is 5.26 Å². The van der Waals surface area contributed by atoms with Gasteiger partial charge < -0.3 is 10.2 Å². The fourth-order valence-electron chi connectivity index (χ4n) is 3.48. The van der Waals surface area contributed by atoms with Gasteiger partial charge in [-0.2, -0.15) is 5.26 Å². The molecule has 0 aromatic carbocycles. The molecule has 0 radical (unpaired) electrons. The number of carbonyl (C=O) groups is 1. The predicted octanol–water partition coefficient (Wildman–Crippen LogP) is 3.21. The molecule has 2 aliphatic rings. The van der Waals surface area contributed by atoms with Gasteiger partial charge in [0.1, 0.15) is 29.1 Å². The number of rotatable bonds is 5. The van der Waals surface area contributed by atoms with E-state index in [-0.39, 0.29) is 23.3 Å². The summed E-state index contributed by atoms with van der Waals surface area (Å²) in [6.07, 6.45) is 2.21. The van der Waals surface area contributed by atoms with Crippen LogP contribution in [0.2, 0.25) is 0 Å². The van der Waals surface area contributed by atoms with Crippen molar-refractivity contribution >= 4 is 23.2 Å². The van der Waals surface area contributed by atoms with Crippen molar-refractivity contribution < 1.29 is 13.6 Å². The molecule has 0 bridgehead atoms. The standard InChI is InChI=1S/C18H16F2N6O/c19-16(20)13-8-15(24-10-23-13)25-14-7-12(3-5-22-14)26-6-4-18(9-21,17(26)27)11-1-2-11/h3,5,7-8,10-11,16H,1-2,4,6H2,(H,22,23,24,25)/t18-/m1/s1. The largest absolute Gasteiger partial charge is 0.325 e. The van der Waals surface area contributed by atoms with Crippen molar-refractivity contribution in [2.24, 2.45) is 11.3 Å². The van der Waals surface area contributed by atoms with E-state index in [0.717, 1.165) is 25.2 Å². The Morgan fingerprint density at radius 1 is 1.26 bits per heavy atom. The van der Waals surface area contributed by atoms with Crippen LogP contribution >= 0.6 is 0 Å². The number of anilines is 3. The molecule has 4 rings (SSSR count). The van der Waals surface area contributed by atoms with Crippen LogP contribution < -0.4 is 10.2 Å². The van der Waals surface area contributed by atoms with Crippen LogP contribution in [0.5, 0.6) is 0 Å². The smallest absolute Gasteiger partial charge is 0.280 e. The number of halogens is 2. The molecule has 1 aliphatic carbocycles. The van der Waals surface area contributed by atoms with Crippen LogP contribution in [0.15, 0.2) is 30.7 Å². The number of nitriles is 1. The number of nitrogens with one attached hydrogen (secondary N) is 1. The number of nitrogens with zero attached hydrogens (tertiary/aromatic N) is 5. The van der Waals surface area contributed by atoms with Gasteiger partial charge >= 0.3 is 0 Å². The minimum Gasteiger partial charge on any atom is -0.325 e. The van der Waals surface area contributed by atoms with Crippen molar-refractivity contribution in [3.05, 3.63) is 36.4 Å². The molecule has 9 heteroatoms. The molecule has 1 saturated heterocycles. The first-order valence-corrected chi connectivity index (χ1v) is 8.60. The van der Waals surface area contributed by atoms with Crippen molar-refractivity contribution in [1.82, 2.24) is 15.0 Å². The summed E-state index contributed by atoms with van der Waals surface area (Å²) in [7, 11) is 0. The van der Waals surface area contributed by atoms with Gasteiger partial charge in [-0.1, -0.05) is 0 Å². The molecule has 0 unspecified atom stereocenters. The van der Waals surface area contributed by atoms with Gasteiger partial charge in [0.2, 0.25) is 5.91 Å². The van der Waals surface area contributed by atoms with E-state index in [1.54, 1.807) is 17.0 Å². The Kier molecular flexibility index (Phi) is 4.18.